The Morgan fingerprint density at radius 3 is 2.83 bits per heavy atom. The average Bonchev–Trinajstić information content (AvgIpc) is 2.82. The zero-order valence-electron chi connectivity index (χ0n) is 14.1. The topological polar surface area (TPSA) is 69.0 Å². The summed E-state index contributed by atoms with van der Waals surface area (Å²) >= 11 is 0. The predicted molar refractivity (Wildman–Crippen MR) is 91.0 cm³/mol. The zero-order valence-corrected chi connectivity index (χ0v) is 14.1. The van der Waals surface area contributed by atoms with Crippen LogP contribution < -0.4 is 10.1 Å². The summed E-state index contributed by atoms with van der Waals surface area (Å²) in [4.78, 5) is 12.1. The van der Waals surface area contributed by atoms with Crippen LogP contribution in [0.4, 0.5) is 0 Å². The number of nitrogens with zero attached hydrogens (tertiary/aromatic N) is 3. The van der Waals surface area contributed by atoms with Crippen molar-refractivity contribution in [3.05, 3.63) is 41.5 Å². The summed E-state index contributed by atoms with van der Waals surface area (Å²) in [5, 5.41) is 11.5. The van der Waals surface area contributed by atoms with E-state index in [4.69, 9.17) is 4.74 Å². The zero-order chi connectivity index (χ0) is 16.8. The van der Waals surface area contributed by atoms with E-state index in [1.807, 2.05) is 24.3 Å². The van der Waals surface area contributed by atoms with Gasteiger partial charge in [0.25, 0.3) is 0 Å². The van der Waals surface area contributed by atoms with E-state index >= 15 is 0 Å². The van der Waals surface area contributed by atoms with Crippen LogP contribution in [0.2, 0.25) is 0 Å². The van der Waals surface area contributed by atoms with Gasteiger partial charge in [-0.1, -0.05) is 18.6 Å². The number of carbonyl (C=O) groups is 1. The van der Waals surface area contributed by atoms with Gasteiger partial charge in [-0.2, -0.15) is 0 Å². The van der Waals surface area contributed by atoms with Gasteiger partial charge in [-0.05, 0) is 30.5 Å². The highest BCUT2D eigenvalue weighted by molar-refractivity contribution is 5.78. The van der Waals surface area contributed by atoms with Crippen LogP contribution in [0.5, 0.6) is 5.75 Å². The van der Waals surface area contributed by atoms with Gasteiger partial charge < -0.3 is 14.6 Å². The number of nitrogens with one attached hydrogen (secondary N) is 1. The van der Waals surface area contributed by atoms with Crippen molar-refractivity contribution in [3.8, 4) is 5.75 Å². The van der Waals surface area contributed by atoms with Crippen molar-refractivity contribution in [2.24, 2.45) is 0 Å². The Labute approximate surface area is 142 Å². The highest BCUT2D eigenvalue weighted by Gasteiger charge is 2.14. The number of carbonyl (C=O) groups excluding carboxylic acids is 1. The molecule has 2 heterocycles. The summed E-state index contributed by atoms with van der Waals surface area (Å²) in [6, 6.07) is 7.57. The molecule has 0 atom stereocenters. The first-order valence-corrected chi connectivity index (χ1v) is 8.57. The third kappa shape index (κ3) is 4.13. The predicted octanol–water partition coefficient (Wildman–Crippen LogP) is 1.91. The van der Waals surface area contributed by atoms with Crippen molar-refractivity contribution in [2.75, 3.05) is 13.7 Å². The van der Waals surface area contributed by atoms with Crippen LogP contribution >= 0.6 is 0 Å². The normalized spacial score (nSPS) is 13.9. The number of aryl methyl sites for hydroxylation is 1. The molecule has 0 radical (unpaired) electrons. The van der Waals surface area contributed by atoms with Crippen molar-refractivity contribution in [2.45, 2.75) is 45.1 Å². The van der Waals surface area contributed by atoms with Crippen molar-refractivity contribution >= 4 is 5.91 Å². The number of rotatable bonds is 6. The molecule has 1 aromatic heterocycles. The lowest BCUT2D eigenvalue weighted by atomic mass is 10.1. The Morgan fingerprint density at radius 2 is 2.04 bits per heavy atom. The van der Waals surface area contributed by atoms with Gasteiger partial charge in [-0.3, -0.25) is 4.79 Å². The number of ether oxygens (including phenoxy) is 1. The molecule has 1 amide bonds. The van der Waals surface area contributed by atoms with Gasteiger partial charge in [0, 0.05) is 25.9 Å². The van der Waals surface area contributed by atoms with Gasteiger partial charge >= 0.3 is 0 Å². The van der Waals surface area contributed by atoms with E-state index in [0.717, 1.165) is 42.3 Å². The molecule has 24 heavy (non-hydrogen) atoms. The molecule has 0 bridgehead atoms. The molecular formula is C18H24N4O2. The minimum Gasteiger partial charge on any atom is -0.497 e. The van der Waals surface area contributed by atoms with E-state index < -0.39 is 0 Å². The molecule has 3 rings (SSSR count). The molecule has 1 aromatic carbocycles. The molecular weight excluding hydrogens is 304 g/mol. The molecule has 0 unspecified atom stereocenters. The number of benzene rings is 1. The molecule has 0 fully saturated rings. The number of methoxy groups -OCH3 is 1. The van der Waals surface area contributed by atoms with Gasteiger partial charge in [0.2, 0.25) is 5.91 Å². The number of aromatic nitrogens is 3. The Bertz CT molecular complexity index is 679. The SMILES string of the molecule is COc1ccc(CC(=O)NCCc2nnc3n2CCCCC3)cc1. The Morgan fingerprint density at radius 1 is 1.21 bits per heavy atom. The molecule has 2 aromatic rings. The number of fused-ring (bicyclic) bond motifs is 1. The summed E-state index contributed by atoms with van der Waals surface area (Å²) in [5.41, 5.74) is 0.977. The maximum absolute atomic E-state index is 12.1. The first-order valence-electron chi connectivity index (χ1n) is 8.57. The first kappa shape index (κ1) is 16.5. The lowest BCUT2D eigenvalue weighted by Crippen LogP contribution is -2.28. The molecule has 1 aliphatic rings. The average molecular weight is 328 g/mol. The maximum atomic E-state index is 12.1. The largest absolute Gasteiger partial charge is 0.497 e. The summed E-state index contributed by atoms with van der Waals surface area (Å²) < 4.78 is 7.34. The number of hydrogen-bond acceptors (Lipinski definition) is 4. The minimum absolute atomic E-state index is 0.0239. The quantitative estimate of drug-likeness (QED) is 0.879. The Hall–Kier alpha value is -2.37. The van der Waals surface area contributed by atoms with Crippen molar-refractivity contribution in [1.29, 1.82) is 0 Å². The van der Waals surface area contributed by atoms with Crippen LogP contribution in [0.1, 0.15) is 36.5 Å². The highest BCUT2D eigenvalue weighted by atomic mass is 16.5. The van der Waals surface area contributed by atoms with Gasteiger partial charge in [0.1, 0.15) is 17.4 Å². The van der Waals surface area contributed by atoms with Crippen LogP contribution in [0.3, 0.4) is 0 Å². The Kier molecular flexibility index (Phi) is 5.46. The maximum Gasteiger partial charge on any atom is 0.224 e. The molecule has 6 heteroatoms. The van der Waals surface area contributed by atoms with Crippen molar-refractivity contribution in [3.63, 3.8) is 0 Å². The molecule has 6 nitrogen and oxygen atoms in total. The number of amides is 1. The van der Waals surface area contributed by atoms with E-state index in [1.165, 1.54) is 19.3 Å². The molecule has 0 aliphatic carbocycles. The van der Waals surface area contributed by atoms with Crippen LogP contribution in [0.15, 0.2) is 24.3 Å². The van der Waals surface area contributed by atoms with Gasteiger partial charge in [-0.15, -0.1) is 10.2 Å². The molecule has 0 spiro atoms. The standard InChI is InChI=1S/C18H24N4O2/c1-24-15-8-6-14(7-9-15)13-18(23)19-11-10-17-21-20-16-5-3-2-4-12-22(16)17/h6-9H,2-5,10-13H2,1H3,(H,19,23). The van der Waals surface area contributed by atoms with Gasteiger partial charge in [0.05, 0.1) is 13.5 Å². The van der Waals surface area contributed by atoms with Gasteiger partial charge in [-0.25, -0.2) is 0 Å². The second-order valence-corrected chi connectivity index (χ2v) is 6.12. The van der Waals surface area contributed by atoms with Gasteiger partial charge in [0.15, 0.2) is 0 Å². The molecule has 128 valence electrons. The van der Waals surface area contributed by atoms with E-state index in [9.17, 15) is 4.79 Å². The minimum atomic E-state index is 0.0239. The molecule has 1 N–H and O–H groups in total. The highest BCUT2D eigenvalue weighted by Crippen LogP contribution is 2.14. The molecule has 0 saturated heterocycles. The van der Waals surface area contributed by atoms with Crippen molar-refractivity contribution in [1.82, 2.24) is 20.1 Å². The lowest BCUT2D eigenvalue weighted by molar-refractivity contribution is -0.120. The summed E-state index contributed by atoms with van der Waals surface area (Å²) in [6.45, 7) is 1.59. The van der Waals surface area contributed by atoms with E-state index in [-0.39, 0.29) is 5.91 Å². The molecule has 1 aliphatic heterocycles. The van der Waals surface area contributed by atoms with E-state index in [2.05, 4.69) is 20.1 Å². The van der Waals surface area contributed by atoms with Crippen molar-refractivity contribution < 1.29 is 9.53 Å². The van der Waals surface area contributed by atoms with Crippen LogP contribution in [-0.4, -0.2) is 34.3 Å². The molecule has 0 saturated carbocycles. The summed E-state index contributed by atoms with van der Waals surface area (Å²) in [5.74, 6) is 2.89. The smallest absolute Gasteiger partial charge is 0.224 e. The second kappa shape index (κ2) is 7.95. The fourth-order valence-corrected chi connectivity index (χ4v) is 3.04. The fourth-order valence-electron chi connectivity index (χ4n) is 3.04. The number of hydrogen-bond donors (Lipinski definition) is 1. The lowest BCUT2D eigenvalue weighted by Gasteiger charge is -2.08. The van der Waals surface area contributed by atoms with Crippen LogP contribution in [0, 0.1) is 0 Å². The fraction of sp³-hybridized carbons (Fsp3) is 0.500. The summed E-state index contributed by atoms with van der Waals surface area (Å²) in [6.07, 6.45) is 5.74. The monoisotopic (exact) mass is 328 g/mol. The Balaban J connectivity index is 1.47. The third-order valence-electron chi connectivity index (χ3n) is 4.38. The first-order chi connectivity index (χ1) is 11.8. The van der Waals surface area contributed by atoms with E-state index in [0.29, 0.717) is 13.0 Å². The second-order valence-electron chi connectivity index (χ2n) is 6.12. The van der Waals surface area contributed by atoms with Crippen LogP contribution in [0.25, 0.3) is 0 Å². The third-order valence-corrected chi connectivity index (χ3v) is 4.38. The summed E-state index contributed by atoms with van der Waals surface area (Å²) in [7, 11) is 1.63. The van der Waals surface area contributed by atoms with E-state index in [1.54, 1.807) is 7.11 Å². The van der Waals surface area contributed by atoms with Crippen LogP contribution in [-0.2, 0) is 30.6 Å².